The van der Waals surface area contributed by atoms with Crippen LogP contribution >= 0.6 is 0 Å². The van der Waals surface area contributed by atoms with Gasteiger partial charge in [-0.2, -0.15) is 0 Å². The van der Waals surface area contributed by atoms with Gasteiger partial charge in [0.1, 0.15) is 0 Å². The lowest BCUT2D eigenvalue weighted by atomic mass is 9.64. The number of aromatic hydroxyl groups is 1. The third-order valence-electron chi connectivity index (χ3n) is 7.14. The third kappa shape index (κ3) is 2.17. The molecule has 2 aromatic rings. The molecule has 29 heavy (non-hydrogen) atoms. The number of ether oxygens (including phenoxy) is 2. The van der Waals surface area contributed by atoms with E-state index >= 15 is 0 Å². The first-order valence-corrected chi connectivity index (χ1v) is 10.1. The number of rotatable bonds is 3. The standard InChI is InChI=1S/C22H26N2O5/c1-4-21-7-5-8-23-9-6-13-14-10-16(25)17(28-2)11-15(14)24(18(13)19(21)23)22(27,12-21)20(26)29-3/h5,7,10-11,19,25,27H,4,6,8-9,12H2,1-3H3/t19-,21+,22-/m1/s1. The van der Waals surface area contributed by atoms with Gasteiger partial charge < -0.3 is 24.3 Å². The van der Waals surface area contributed by atoms with Gasteiger partial charge in [0.05, 0.1) is 25.8 Å². The van der Waals surface area contributed by atoms with Gasteiger partial charge in [-0.3, -0.25) is 4.90 Å². The van der Waals surface area contributed by atoms with Gasteiger partial charge in [-0.15, -0.1) is 0 Å². The van der Waals surface area contributed by atoms with Gasteiger partial charge >= 0.3 is 5.97 Å². The van der Waals surface area contributed by atoms with Crippen molar-refractivity contribution >= 4 is 16.9 Å². The lowest BCUT2D eigenvalue weighted by molar-refractivity contribution is -0.187. The van der Waals surface area contributed by atoms with Crippen molar-refractivity contribution in [3.8, 4) is 11.5 Å². The zero-order valence-electron chi connectivity index (χ0n) is 16.9. The molecule has 4 heterocycles. The van der Waals surface area contributed by atoms with Crippen LogP contribution in [0.1, 0.15) is 37.1 Å². The van der Waals surface area contributed by atoms with E-state index in [9.17, 15) is 15.0 Å². The topological polar surface area (TPSA) is 84.2 Å². The van der Waals surface area contributed by atoms with Crippen molar-refractivity contribution in [2.75, 3.05) is 27.3 Å². The molecule has 154 valence electrons. The van der Waals surface area contributed by atoms with Crippen LogP contribution in [0.25, 0.3) is 10.9 Å². The maximum absolute atomic E-state index is 12.9. The molecule has 0 radical (unpaired) electrons. The molecule has 7 nitrogen and oxygen atoms in total. The number of carbonyl (C=O) groups excluding carboxylic acids is 1. The van der Waals surface area contributed by atoms with Gasteiger partial charge in [-0.1, -0.05) is 19.1 Å². The maximum atomic E-state index is 12.9. The minimum atomic E-state index is -1.83. The molecule has 5 rings (SSSR count). The fraction of sp³-hybridized carbons (Fsp3) is 0.500. The van der Waals surface area contributed by atoms with E-state index in [-0.39, 0.29) is 23.6 Å². The van der Waals surface area contributed by atoms with Crippen molar-refractivity contribution in [1.29, 1.82) is 0 Å². The summed E-state index contributed by atoms with van der Waals surface area (Å²) in [5.74, 6) is -0.316. The second-order valence-corrected chi connectivity index (χ2v) is 8.36. The molecule has 0 fully saturated rings. The predicted octanol–water partition coefficient (Wildman–Crippen LogP) is 2.44. The van der Waals surface area contributed by atoms with Crippen LogP contribution in [0.2, 0.25) is 0 Å². The number of methoxy groups -OCH3 is 2. The van der Waals surface area contributed by atoms with E-state index in [4.69, 9.17) is 9.47 Å². The number of hydrogen-bond donors (Lipinski definition) is 2. The van der Waals surface area contributed by atoms with E-state index in [1.54, 1.807) is 16.7 Å². The highest BCUT2D eigenvalue weighted by molar-refractivity contribution is 5.92. The number of hydrogen-bond acceptors (Lipinski definition) is 6. The summed E-state index contributed by atoms with van der Waals surface area (Å²) in [5, 5.41) is 23.1. The molecule has 3 atom stereocenters. The number of fused-ring (bicyclic) bond motifs is 3. The largest absolute Gasteiger partial charge is 0.504 e. The summed E-state index contributed by atoms with van der Waals surface area (Å²) in [4.78, 5) is 15.4. The lowest BCUT2D eigenvalue weighted by Crippen LogP contribution is -2.58. The summed E-state index contributed by atoms with van der Waals surface area (Å²) in [6.45, 7) is 3.85. The fourth-order valence-corrected chi connectivity index (χ4v) is 5.86. The first-order valence-electron chi connectivity index (χ1n) is 10.1. The Morgan fingerprint density at radius 2 is 2.14 bits per heavy atom. The van der Waals surface area contributed by atoms with Crippen LogP contribution in [0.5, 0.6) is 11.5 Å². The fourth-order valence-electron chi connectivity index (χ4n) is 5.86. The van der Waals surface area contributed by atoms with E-state index in [0.29, 0.717) is 11.3 Å². The van der Waals surface area contributed by atoms with E-state index in [1.807, 2.05) is 0 Å². The average molecular weight is 398 g/mol. The second kappa shape index (κ2) is 6.00. The van der Waals surface area contributed by atoms with E-state index in [1.165, 1.54) is 14.2 Å². The van der Waals surface area contributed by atoms with Crippen molar-refractivity contribution in [2.24, 2.45) is 5.41 Å². The summed E-state index contributed by atoms with van der Waals surface area (Å²) in [7, 11) is 2.79. The van der Waals surface area contributed by atoms with Crippen LogP contribution in [0.4, 0.5) is 0 Å². The summed E-state index contributed by atoms with van der Waals surface area (Å²) in [6.07, 6.45) is 6.14. The molecular weight excluding hydrogens is 372 g/mol. The highest BCUT2D eigenvalue weighted by Gasteiger charge is 2.59. The van der Waals surface area contributed by atoms with Crippen LogP contribution in [-0.4, -0.2) is 53.0 Å². The molecule has 0 saturated heterocycles. The van der Waals surface area contributed by atoms with Gasteiger partial charge in [0, 0.05) is 42.1 Å². The van der Waals surface area contributed by atoms with Crippen LogP contribution in [0, 0.1) is 5.41 Å². The molecule has 3 aliphatic rings. The second-order valence-electron chi connectivity index (χ2n) is 8.36. The van der Waals surface area contributed by atoms with E-state index in [0.717, 1.165) is 42.6 Å². The first kappa shape index (κ1) is 18.5. The highest BCUT2D eigenvalue weighted by Crippen LogP contribution is 2.59. The van der Waals surface area contributed by atoms with E-state index < -0.39 is 11.7 Å². The number of carbonyl (C=O) groups is 1. The molecule has 0 aliphatic carbocycles. The number of aliphatic hydroxyl groups is 1. The Labute approximate surface area is 169 Å². The van der Waals surface area contributed by atoms with Crippen LogP contribution in [-0.2, 0) is 21.7 Å². The summed E-state index contributed by atoms with van der Waals surface area (Å²) < 4.78 is 12.1. The number of aromatic nitrogens is 1. The Morgan fingerprint density at radius 1 is 1.34 bits per heavy atom. The Morgan fingerprint density at radius 3 is 2.83 bits per heavy atom. The molecule has 0 bridgehead atoms. The number of phenolic OH excluding ortho intramolecular Hbond substituents is 1. The molecule has 2 N–H and O–H groups in total. The molecule has 0 spiro atoms. The third-order valence-corrected chi connectivity index (χ3v) is 7.14. The molecule has 7 heteroatoms. The molecule has 0 unspecified atom stereocenters. The summed E-state index contributed by atoms with van der Waals surface area (Å²) >= 11 is 0. The maximum Gasteiger partial charge on any atom is 0.359 e. The highest BCUT2D eigenvalue weighted by atomic mass is 16.5. The van der Waals surface area contributed by atoms with Crippen molar-refractivity contribution in [3.63, 3.8) is 0 Å². The molecule has 1 aromatic heterocycles. The SMILES string of the molecule is CC[C@]12C=CCN3CCc4c(n(c5cc(OC)c(O)cc45)[C@](O)(C(=O)OC)C1)[C@@H]32. The van der Waals surface area contributed by atoms with Gasteiger partial charge in [0.25, 0.3) is 0 Å². The molecule has 0 saturated carbocycles. The Kier molecular flexibility index (Phi) is 3.83. The quantitative estimate of drug-likeness (QED) is 0.610. The van der Waals surface area contributed by atoms with Crippen molar-refractivity contribution in [1.82, 2.24) is 9.47 Å². The molecule has 1 aromatic carbocycles. The van der Waals surface area contributed by atoms with Crippen LogP contribution in [0.3, 0.4) is 0 Å². The Hall–Kier alpha value is -2.51. The normalized spacial score (nSPS) is 30.3. The Bertz CT molecular complexity index is 1060. The van der Waals surface area contributed by atoms with Crippen molar-refractivity contribution in [3.05, 3.63) is 35.5 Å². The monoisotopic (exact) mass is 398 g/mol. The number of nitrogens with zero attached hydrogens (tertiary/aromatic N) is 2. The van der Waals surface area contributed by atoms with Gasteiger partial charge in [0.15, 0.2) is 11.5 Å². The van der Waals surface area contributed by atoms with Gasteiger partial charge in [0.2, 0.25) is 5.72 Å². The lowest BCUT2D eigenvalue weighted by Gasteiger charge is -2.55. The van der Waals surface area contributed by atoms with Crippen LogP contribution < -0.4 is 4.74 Å². The number of esters is 1. The summed E-state index contributed by atoms with van der Waals surface area (Å²) in [5.41, 5.74) is 0.504. The van der Waals surface area contributed by atoms with Gasteiger partial charge in [-0.05, 0) is 24.5 Å². The average Bonchev–Trinajstić information content (AvgIpc) is 3.06. The van der Waals surface area contributed by atoms with Gasteiger partial charge in [-0.25, -0.2) is 4.79 Å². The van der Waals surface area contributed by atoms with Crippen molar-refractivity contribution in [2.45, 2.75) is 38.0 Å². The predicted molar refractivity (Wildman–Crippen MR) is 107 cm³/mol. The zero-order chi connectivity index (χ0) is 20.6. The first-order chi connectivity index (χ1) is 13.9. The molecule has 3 aliphatic heterocycles. The minimum Gasteiger partial charge on any atom is -0.504 e. The zero-order valence-corrected chi connectivity index (χ0v) is 16.9. The smallest absolute Gasteiger partial charge is 0.359 e. The van der Waals surface area contributed by atoms with Crippen LogP contribution in [0.15, 0.2) is 24.3 Å². The van der Waals surface area contributed by atoms with Crippen molar-refractivity contribution < 1.29 is 24.5 Å². The van der Waals surface area contributed by atoms with E-state index in [2.05, 4.69) is 24.0 Å². The summed E-state index contributed by atoms with van der Waals surface area (Å²) in [6, 6.07) is 3.46. The molecular formula is C22H26N2O5. The molecule has 0 amide bonds. The Balaban J connectivity index is 1.92. The minimum absolute atomic E-state index is 0.0496. The number of benzene rings is 1. The number of phenols is 1.